The maximum Gasteiger partial charge on any atom is 0.319 e. The molecule has 2 amide bonds. The van der Waals surface area contributed by atoms with E-state index in [0.717, 1.165) is 22.5 Å². The van der Waals surface area contributed by atoms with Gasteiger partial charge in [0.05, 0.1) is 11.9 Å². The summed E-state index contributed by atoms with van der Waals surface area (Å²) in [6.07, 6.45) is 4.34. The molecule has 0 bridgehead atoms. The molecule has 0 fully saturated rings. The molecule has 2 rings (SSSR count). The van der Waals surface area contributed by atoms with Crippen molar-refractivity contribution in [1.29, 1.82) is 0 Å². The first-order valence-corrected chi connectivity index (χ1v) is 6.20. The predicted octanol–water partition coefficient (Wildman–Crippen LogP) is 2.14. The Labute approximate surface area is 103 Å². The normalized spacial score (nSPS) is 10.2. The summed E-state index contributed by atoms with van der Waals surface area (Å²) in [7, 11) is 0. The van der Waals surface area contributed by atoms with Crippen LogP contribution in [0.4, 0.5) is 10.5 Å². The van der Waals surface area contributed by atoms with E-state index in [0.29, 0.717) is 6.54 Å². The molecule has 0 radical (unpaired) electrons. The summed E-state index contributed by atoms with van der Waals surface area (Å²) in [6.45, 7) is 2.57. The Kier molecular flexibility index (Phi) is 3.77. The highest BCUT2D eigenvalue weighted by molar-refractivity contribution is 7.10. The molecular formula is C11H14N4OS. The van der Waals surface area contributed by atoms with Crippen LogP contribution in [0.5, 0.6) is 0 Å². The van der Waals surface area contributed by atoms with Gasteiger partial charge in [0, 0.05) is 17.6 Å². The molecule has 0 saturated heterocycles. The standard InChI is InChI=1S/C11H14N4OS/c1-8-10(3-5-17-8)15-11(16)12-4-2-9-6-13-14-7-9/h3,5-7H,2,4H2,1H3,(H,13,14)(H2,12,15,16). The van der Waals surface area contributed by atoms with Crippen molar-refractivity contribution in [3.63, 3.8) is 0 Å². The second kappa shape index (κ2) is 5.49. The van der Waals surface area contributed by atoms with Crippen LogP contribution in [-0.4, -0.2) is 22.8 Å². The van der Waals surface area contributed by atoms with Crippen molar-refractivity contribution in [2.24, 2.45) is 0 Å². The van der Waals surface area contributed by atoms with Crippen molar-refractivity contribution in [3.05, 3.63) is 34.3 Å². The van der Waals surface area contributed by atoms with E-state index < -0.39 is 0 Å². The van der Waals surface area contributed by atoms with Crippen molar-refractivity contribution >= 4 is 23.1 Å². The summed E-state index contributed by atoms with van der Waals surface area (Å²) >= 11 is 1.61. The van der Waals surface area contributed by atoms with Gasteiger partial charge in [-0.05, 0) is 30.4 Å². The number of anilines is 1. The van der Waals surface area contributed by atoms with Gasteiger partial charge < -0.3 is 10.6 Å². The SMILES string of the molecule is Cc1sccc1NC(=O)NCCc1cn[nH]c1. The fourth-order valence-electron chi connectivity index (χ4n) is 1.42. The van der Waals surface area contributed by atoms with E-state index >= 15 is 0 Å². The zero-order valence-corrected chi connectivity index (χ0v) is 10.3. The fourth-order valence-corrected chi connectivity index (χ4v) is 2.07. The number of carbonyl (C=O) groups is 1. The zero-order valence-electron chi connectivity index (χ0n) is 9.49. The number of nitrogens with zero attached hydrogens (tertiary/aromatic N) is 1. The van der Waals surface area contributed by atoms with Crippen LogP contribution in [0, 0.1) is 6.92 Å². The number of aromatic nitrogens is 2. The molecule has 0 aliphatic carbocycles. The number of aromatic amines is 1. The van der Waals surface area contributed by atoms with E-state index in [9.17, 15) is 4.79 Å². The Hall–Kier alpha value is -1.82. The molecule has 0 spiro atoms. The van der Waals surface area contributed by atoms with Gasteiger partial charge in [0.15, 0.2) is 0 Å². The van der Waals surface area contributed by atoms with Crippen molar-refractivity contribution in [3.8, 4) is 0 Å². The number of urea groups is 1. The van der Waals surface area contributed by atoms with Crippen molar-refractivity contribution in [2.45, 2.75) is 13.3 Å². The van der Waals surface area contributed by atoms with E-state index in [4.69, 9.17) is 0 Å². The summed E-state index contributed by atoms with van der Waals surface area (Å²) in [5.41, 5.74) is 1.95. The topological polar surface area (TPSA) is 69.8 Å². The number of H-pyrrole nitrogens is 1. The van der Waals surface area contributed by atoms with Crippen LogP contribution in [0.3, 0.4) is 0 Å². The van der Waals surface area contributed by atoms with Gasteiger partial charge in [-0.3, -0.25) is 5.10 Å². The van der Waals surface area contributed by atoms with Crippen LogP contribution >= 0.6 is 11.3 Å². The average Bonchev–Trinajstić information content (AvgIpc) is 2.92. The van der Waals surface area contributed by atoms with Crippen molar-refractivity contribution < 1.29 is 4.79 Å². The summed E-state index contributed by atoms with van der Waals surface area (Å²) < 4.78 is 0. The number of aryl methyl sites for hydroxylation is 1. The van der Waals surface area contributed by atoms with Crippen molar-refractivity contribution in [2.75, 3.05) is 11.9 Å². The quantitative estimate of drug-likeness (QED) is 0.778. The molecule has 90 valence electrons. The third-order valence-corrected chi connectivity index (χ3v) is 3.21. The molecule has 0 aromatic carbocycles. The van der Waals surface area contributed by atoms with Gasteiger partial charge in [0.25, 0.3) is 0 Å². The highest BCUT2D eigenvalue weighted by Gasteiger charge is 2.04. The largest absolute Gasteiger partial charge is 0.338 e. The van der Waals surface area contributed by atoms with E-state index in [1.807, 2.05) is 24.6 Å². The minimum atomic E-state index is -0.171. The summed E-state index contributed by atoms with van der Waals surface area (Å²) in [4.78, 5) is 12.7. The highest BCUT2D eigenvalue weighted by Crippen LogP contribution is 2.20. The Balaban J connectivity index is 1.73. The number of amides is 2. The summed E-state index contributed by atoms with van der Waals surface area (Å²) in [5.74, 6) is 0. The maximum absolute atomic E-state index is 11.6. The molecule has 2 heterocycles. The van der Waals surface area contributed by atoms with Gasteiger partial charge in [-0.15, -0.1) is 11.3 Å². The van der Waals surface area contributed by atoms with Crippen LogP contribution in [0.1, 0.15) is 10.4 Å². The second-order valence-corrected chi connectivity index (χ2v) is 4.75. The average molecular weight is 250 g/mol. The smallest absolute Gasteiger partial charge is 0.319 e. The van der Waals surface area contributed by atoms with Gasteiger partial charge in [0.2, 0.25) is 0 Å². The lowest BCUT2D eigenvalue weighted by Crippen LogP contribution is -2.30. The first-order valence-electron chi connectivity index (χ1n) is 5.32. The van der Waals surface area contributed by atoms with Gasteiger partial charge in [0.1, 0.15) is 0 Å². The van der Waals surface area contributed by atoms with Crippen LogP contribution in [0.15, 0.2) is 23.8 Å². The number of hydrogen-bond acceptors (Lipinski definition) is 3. The predicted molar refractivity (Wildman–Crippen MR) is 68.4 cm³/mol. The van der Waals surface area contributed by atoms with E-state index in [1.165, 1.54) is 0 Å². The van der Waals surface area contributed by atoms with Gasteiger partial charge in [-0.25, -0.2) is 4.79 Å². The van der Waals surface area contributed by atoms with Gasteiger partial charge in [-0.2, -0.15) is 5.10 Å². The molecule has 2 aromatic heterocycles. The van der Waals surface area contributed by atoms with Crippen LogP contribution in [-0.2, 0) is 6.42 Å². The molecule has 0 aliphatic rings. The van der Waals surface area contributed by atoms with Crippen LogP contribution in [0.2, 0.25) is 0 Å². The van der Waals surface area contributed by atoms with E-state index in [1.54, 1.807) is 17.5 Å². The molecular weight excluding hydrogens is 236 g/mol. The maximum atomic E-state index is 11.6. The Morgan fingerprint density at radius 1 is 1.59 bits per heavy atom. The molecule has 3 N–H and O–H groups in total. The number of rotatable bonds is 4. The second-order valence-electron chi connectivity index (χ2n) is 3.63. The third-order valence-electron chi connectivity index (χ3n) is 2.36. The van der Waals surface area contributed by atoms with Crippen LogP contribution < -0.4 is 10.6 Å². The summed E-state index contributed by atoms with van der Waals surface area (Å²) in [5, 5.41) is 14.1. The number of nitrogens with one attached hydrogen (secondary N) is 3. The van der Waals surface area contributed by atoms with E-state index in [-0.39, 0.29) is 6.03 Å². The molecule has 17 heavy (non-hydrogen) atoms. The van der Waals surface area contributed by atoms with Gasteiger partial charge in [-0.1, -0.05) is 0 Å². The van der Waals surface area contributed by atoms with E-state index in [2.05, 4.69) is 20.8 Å². The van der Waals surface area contributed by atoms with Crippen molar-refractivity contribution in [1.82, 2.24) is 15.5 Å². The molecule has 2 aromatic rings. The number of carbonyl (C=O) groups excluding carboxylic acids is 1. The number of hydrogen-bond donors (Lipinski definition) is 3. The lowest BCUT2D eigenvalue weighted by atomic mass is 10.2. The van der Waals surface area contributed by atoms with Crippen LogP contribution in [0.25, 0.3) is 0 Å². The minimum Gasteiger partial charge on any atom is -0.338 e. The monoisotopic (exact) mass is 250 g/mol. The Morgan fingerprint density at radius 2 is 2.47 bits per heavy atom. The molecule has 0 unspecified atom stereocenters. The molecule has 5 nitrogen and oxygen atoms in total. The molecule has 0 atom stereocenters. The summed E-state index contributed by atoms with van der Waals surface area (Å²) in [6, 6.07) is 1.73. The third kappa shape index (κ3) is 3.32. The molecule has 0 saturated carbocycles. The lowest BCUT2D eigenvalue weighted by molar-refractivity contribution is 0.252. The Morgan fingerprint density at radius 3 is 3.12 bits per heavy atom. The lowest BCUT2D eigenvalue weighted by Gasteiger charge is -2.06. The zero-order chi connectivity index (χ0) is 12.1. The number of thiophene rings is 1. The highest BCUT2D eigenvalue weighted by atomic mass is 32.1. The van der Waals surface area contributed by atoms with Gasteiger partial charge >= 0.3 is 6.03 Å². The molecule has 6 heteroatoms. The fraction of sp³-hybridized carbons (Fsp3) is 0.273. The minimum absolute atomic E-state index is 0.171. The Bertz CT molecular complexity index is 477. The molecule has 0 aliphatic heterocycles. The first kappa shape index (κ1) is 11.7. The first-order chi connectivity index (χ1) is 8.25.